The van der Waals surface area contributed by atoms with Crippen LogP contribution in [-0.2, 0) is 10.4 Å². The molecular weight excluding hydrogens is 252 g/mol. The van der Waals surface area contributed by atoms with Crippen molar-refractivity contribution in [2.75, 3.05) is 13.7 Å². The van der Waals surface area contributed by atoms with Crippen LogP contribution in [0.4, 0.5) is 4.79 Å². The van der Waals surface area contributed by atoms with E-state index in [9.17, 15) is 4.79 Å². The standard InChI is InChI=1S/C13H19ClN2O2/c1-5-16(18-4)12(17)15-13(2,3)10-7-6-8-11(14)9-10/h6-9H,5H2,1-4H3,(H,15,17). The van der Waals surface area contributed by atoms with E-state index < -0.39 is 5.54 Å². The van der Waals surface area contributed by atoms with Crippen LogP contribution in [0.2, 0.25) is 5.02 Å². The molecule has 0 aliphatic heterocycles. The van der Waals surface area contributed by atoms with Gasteiger partial charge in [0.15, 0.2) is 0 Å². The number of benzene rings is 1. The van der Waals surface area contributed by atoms with Crippen LogP contribution in [-0.4, -0.2) is 24.7 Å². The molecule has 0 saturated heterocycles. The summed E-state index contributed by atoms with van der Waals surface area (Å²) >= 11 is 5.96. The molecule has 0 aromatic heterocycles. The summed E-state index contributed by atoms with van der Waals surface area (Å²) < 4.78 is 0. The quantitative estimate of drug-likeness (QED) is 0.854. The van der Waals surface area contributed by atoms with Crippen molar-refractivity contribution in [3.8, 4) is 0 Å². The lowest BCUT2D eigenvalue weighted by Gasteiger charge is -2.30. The van der Waals surface area contributed by atoms with Gasteiger partial charge in [-0.2, -0.15) is 0 Å². The number of urea groups is 1. The number of hydrogen-bond acceptors (Lipinski definition) is 2. The lowest BCUT2D eigenvalue weighted by molar-refractivity contribution is -0.0840. The lowest BCUT2D eigenvalue weighted by atomic mass is 9.94. The van der Waals surface area contributed by atoms with Crippen molar-refractivity contribution in [2.45, 2.75) is 26.3 Å². The fraction of sp³-hybridized carbons (Fsp3) is 0.462. The summed E-state index contributed by atoms with van der Waals surface area (Å²) in [5, 5.41) is 4.81. The predicted octanol–water partition coefficient (Wildman–Crippen LogP) is 3.17. The molecule has 0 atom stereocenters. The molecule has 100 valence electrons. The molecule has 0 fully saturated rings. The Labute approximate surface area is 113 Å². The van der Waals surface area contributed by atoms with Gasteiger partial charge in [0.1, 0.15) is 0 Å². The van der Waals surface area contributed by atoms with Crippen LogP contribution in [0.25, 0.3) is 0 Å². The number of nitrogens with zero attached hydrogens (tertiary/aromatic N) is 1. The topological polar surface area (TPSA) is 41.6 Å². The minimum absolute atomic E-state index is 0.273. The third-order valence-electron chi connectivity index (χ3n) is 2.70. The Morgan fingerprint density at radius 3 is 2.67 bits per heavy atom. The molecule has 4 nitrogen and oxygen atoms in total. The van der Waals surface area contributed by atoms with Crippen LogP contribution in [0.3, 0.4) is 0 Å². The molecule has 0 aliphatic rings. The fourth-order valence-corrected chi connectivity index (χ4v) is 1.82. The van der Waals surface area contributed by atoms with Crippen molar-refractivity contribution in [1.82, 2.24) is 10.4 Å². The highest BCUT2D eigenvalue weighted by molar-refractivity contribution is 6.30. The van der Waals surface area contributed by atoms with E-state index in [0.717, 1.165) is 5.56 Å². The number of carbonyl (C=O) groups excluding carboxylic acids is 1. The molecule has 2 amide bonds. The summed E-state index contributed by atoms with van der Waals surface area (Å²) in [5.74, 6) is 0. The molecule has 18 heavy (non-hydrogen) atoms. The van der Waals surface area contributed by atoms with Crippen LogP contribution in [0.1, 0.15) is 26.3 Å². The molecule has 5 heteroatoms. The summed E-state index contributed by atoms with van der Waals surface area (Å²) in [4.78, 5) is 16.9. The minimum atomic E-state index is -0.520. The molecule has 0 heterocycles. The van der Waals surface area contributed by atoms with Crippen molar-refractivity contribution in [2.24, 2.45) is 0 Å². The molecule has 1 aromatic rings. The number of amides is 2. The number of hydroxylamine groups is 2. The number of hydrogen-bond donors (Lipinski definition) is 1. The third kappa shape index (κ3) is 3.62. The molecule has 0 bridgehead atoms. The van der Waals surface area contributed by atoms with Gasteiger partial charge >= 0.3 is 6.03 Å². The second-order valence-electron chi connectivity index (χ2n) is 4.44. The molecule has 0 saturated carbocycles. The summed E-state index contributed by atoms with van der Waals surface area (Å²) in [5.41, 5.74) is 0.420. The SMILES string of the molecule is CCN(OC)C(=O)NC(C)(C)c1cccc(Cl)c1. The summed E-state index contributed by atoms with van der Waals surface area (Å²) in [6, 6.07) is 7.15. The summed E-state index contributed by atoms with van der Waals surface area (Å²) in [6.45, 7) is 6.16. The van der Waals surface area contributed by atoms with Gasteiger partial charge in [0, 0.05) is 11.6 Å². The smallest absolute Gasteiger partial charge is 0.327 e. The number of carbonyl (C=O) groups is 1. The Kier molecular flexibility index (Phi) is 4.99. The first-order valence-electron chi connectivity index (χ1n) is 5.80. The molecule has 1 rings (SSSR count). The number of nitrogens with one attached hydrogen (secondary N) is 1. The van der Waals surface area contributed by atoms with Gasteiger partial charge in [-0.1, -0.05) is 23.7 Å². The highest BCUT2D eigenvalue weighted by Gasteiger charge is 2.25. The zero-order chi connectivity index (χ0) is 13.8. The normalized spacial score (nSPS) is 11.2. The molecule has 0 spiro atoms. The van der Waals surface area contributed by atoms with Crippen LogP contribution in [0.5, 0.6) is 0 Å². The van der Waals surface area contributed by atoms with E-state index in [4.69, 9.17) is 16.4 Å². The van der Waals surface area contributed by atoms with Gasteiger partial charge in [-0.05, 0) is 38.5 Å². The molecule has 0 radical (unpaired) electrons. The van der Waals surface area contributed by atoms with E-state index in [0.29, 0.717) is 11.6 Å². The summed E-state index contributed by atoms with van der Waals surface area (Å²) in [6.07, 6.45) is 0. The fourth-order valence-electron chi connectivity index (χ4n) is 1.63. The Bertz CT molecular complexity index is 417. The van der Waals surface area contributed by atoms with Gasteiger partial charge in [0.25, 0.3) is 0 Å². The first-order chi connectivity index (χ1) is 8.40. The molecule has 0 unspecified atom stereocenters. The Morgan fingerprint density at radius 2 is 2.17 bits per heavy atom. The Balaban J connectivity index is 2.84. The Morgan fingerprint density at radius 1 is 1.50 bits per heavy atom. The van der Waals surface area contributed by atoms with Crippen molar-refractivity contribution >= 4 is 17.6 Å². The highest BCUT2D eigenvalue weighted by atomic mass is 35.5. The van der Waals surface area contributed by atoms with Crippen LogP contribution >= 0.6 is 11.6 Å². The number of halogens is 1. The van der Waals surface area contributed by atoms with Crippen molar-refractivity contribution in [3.63, 3.8) is 0 Å². The van der Waals surface area contributed by atoms with Gasteiger partial charge in [-0.15, -0.1) is 0 Å². The Hall–Kier alpha value is -1.26. The van der Waals surface area contributed by atoms with E-state index >= 15 is 0 Å². The predicted molar refractivity (Wildman–Crippen MR) is 72.4 cm³/mol. The molecule has 1 aromatic carbocycles. The van der Waals surface area contributed by atoms with Crippen LogP contribution < -0.4 is 5.32 Å². The first-order valence-corrected chi connectivity index (χ1v) is 6.18. The first kappa shape index (κ1) is 14.8. The van der Waals surface area contributed by atoms with Crippen molar-refractivity contribution in [1.29, 1.82) is 0 Å². The van der Waals surface area contributed by atoms with Crippen molar-refractivity contribution in [3.05, 3.63) is 34.9 Å². The maximum absolute atomic E-state index is 11.9. The van der Waals surface area contributed by atoms with E-state index in [1.165, 1.54) is 12.2 Å². The average Bonchev–Trinajstić information content (AvgIpc) is 2.30. The highest BCUT2D eigenvalue weighted by Crippen LogP contribution is 2.23. The van der Waals surface area contributed by atoms with Gasteiger partial charge in [0.05, 0.1) is 12.6 Å². The van der Waals surface area contributed by atoms with Gasteiger partial charge in [-0.3, -0.25) is 4.84 Å². The monoisotopic (exact) mass is 270 g/mol. The molecule has 1 N–H and O–H groups in total. The van der Waals surface area contributed by atoms with E-state index in [1.807, 2.05) is 39.0 Å². The third-order valence-corrected chi connectivity index (χ3v) is 2.93. The zero-order valence-corrected chi connectivity index (χ0v) is 11.9. The van der Waals surface area contributed by atoms with Gasteiger partial charge in [0.2, 0.25) is 0 Å². The van der Waals surface area contributed by atoms with E-state index in [1.54, 1.807) is 6.07 Å². The van der Waals surface area contributed by atoms with Crippen LogP contribution in [0, 0.1) is 0 Å². The molecule has 0 aliphatic carbocycles. The second kappa shape index (κ2) is 6.07. The zero-order valence-electron chi connectivity index (χ0n) is 11.2. The average molecular weight is 271 g/mol. The van der Waals surface area contributed by atoms with Gasteiger partial charge < -0.3 is 5.32 Å². The molecular formula is C13H19ClN2O2. The summed E-state index contributed by atoms with van der Waals surface area (Å²) in [7, 11) is 1.47. The lowest BCUT2D eigenvalue weighted by Crippen LogP contribution is -2.48. The number of rotatable bonds is 4. The maximum atomic E-state index is 11.9. The van der Waals surface area contributed by atoms with E-state index in [-0.39, 0.29) is 6.03 Å². The second-order valence-corrected chi connectivity index (χ2v) is 4.88. The minimum Gasteiger partial charge on any atom is -0.327 e. The maximum Gasteiger partial charge on any atom is 0.341 e. The van der Waals surface area contributed by atoms with E-state index in [2.05, 4.69) is 5.32 Å². The van der Waals surface area contributed by atoms with Crippen LogP contribution in [0.15, 0.2) is 24.3 Å². The van der Waals surface area contributed by atoms with Gasteiger partial charge in [-0.25, -0.2) is 9.86 Å². The largest absolute Gasteiger partial charge is 0.341 e. The van der Waals surface area contributed by atoms with Crippen molar-refractivity contribution < 1.29 is 9.63 Å².